The average molecular weight is 425 g/mol. The van der Waals surface area contributed by atoms with Gasteiger partial charge in [-0.25, -0.2) is 8.42 Å². The molecule has 3 rings (SSSR count). The van der Waals surface area contributed by atoms with Crippen molar-refractivity contribution in [2.75, 3.05) is 18.5 Å². The van der Waals surface area contributed by atoms with Crippen molar-refractivity contribution in [1.29, 1.82) is 0 Å². The number of nitrogens with one attached hydrogen (secondary N) is 1. The number of methoxy groups -OCH3 is 1. The first-order valence-electron chi connectivity index (χ1n) is 9.42. The van der Waals surface area contributed by atoms with Crippen LogP contribution >= 0.6 is 0 Å². The minimum Gasteiger partial charge on any atom is -0.497 e. The van der Waals surface area contributed by atoms with Gasteiger partial charge in [0.05, 0.1) is 23.7 Å². The molecule has 0 aliphatic carbocycles. The van der Waals surface area contributed by atoms with Crippen LogP contribution in [0, 0.1) is 0 Å². The van der Waals surface area contributed by atoms with E-state index in [1.807, 2.05) is 31.2 Å². The van der Waals surface area contributed by atoms with Crippen molar-refractivity contribution in [3.05, 3.63) is 90.0 Å². The van der Waals surface area contributed by atoms with Gasteiger partial charge in [0.15, 0.2) is 0 Å². The monoisotopic (exact) mass is 424 g/mol. The van der Waals surface area contributed by atoms with Gasteiger partial charge in [0, 0.05) is 12.6 Å². The number of nitrogens with zero attached hydrogens (tertiary/aromatic N) is 1. The van der Waals surface area contributed by atoms with Crippen molar-refractivity contribution in [3.63, 3.8) is 0 Å². The average Bonchev–Trinajstić information content (AvgIpc) is 2.79. The quantitative estimate of drug-likeness (QED) is 0.622. The molecule has 6 nitrogen and oxygen atoms in total. The lowest BCUT2D eigenvalue weighted by molar-refractivity contribution is 0.0940. The van der Waals surface area contributed by atoms with Crippen LogP contribution in [0.3, 0.4) is 0 Å². The molecule has 0 heterocycles. The molecule has 0 saturated carbocycles. The number of carbonyl (C=O) groups is 1. The molecule has 0 aromatic heterocycles. The van der Waals surface area contributed by atoms with Crippen molar-refractivity contribution >= 4 is 21.6 Å². The number of hydrogen-bond donors (Lipinski definition) is 1. The fourth-order valence-electron chi connectivity index (χ4n) is 2.99. The van der Waals surface area contributed by atoms with E-state index in [1.54, 1.807) is 61.7 Å². The van der Waals surface area contributed by atoms with Gasteiger partial charge in [0.25, 0.3) is 15.9 Å². The summed E-state index contributed by atoms with van der Waals surface area (Å²) in [6.07, 6.45) is 0. The van der Waals surface area contributed by atoms with Gasteiger partial charge >= 0.3 is 0 Å². The third kappa shape index (κ3) is 4.63. The molecule has 3 aromatic carbocycles. The highest BCUT2D eigenvalue weighted by molar-refractivity contribution is 7.92. The molecule has 7 heteroatoms. The van der Waals surface area contributed by atoms with Crippen LogP contribution < -0.4 is 14.4 Å². The zero-order chi connectivity index (χ0) is 21.7. The number of rotatable bonds is 7. The van der Waals surface area contributed by atoms with Crippen LogP contribution in [0.1, 0.15) is 28.9 Å². The van der Waals surface area contributed by atoms with Gasteiger partial charge in [-0.3, -0.25) is 9.10 Å². The summed E-state index contributed by atoms with van der Waals surface area (Å²) in [7, 11) is -0.646. The van der Waals surface area contributed by atoms with Gasteiger partial charge in [-0.05, 0) is 55.0 Å². The van der Waals surface area contributed by atoms with E-state index in [0.29, 0.717) is 11.3 Å². The molecule has 3 aromatic rings. The van der Waals surface area contributed by atoms with E-state index in [2.05, 4.69) is 5.32 Å². The number of hydrogen-bond acceptors (Lipinski definition) is 4. The van der Waals surface area contributed by atoms with Gasteiger partial charge in [0.2, 0.25) is 0 Å². The molecular formula is C23H24N2O4S. The Kier molecular flexibility index (Phi) is 6.42. The first kappa shape index (κ1) is 21.4. The van der Waals surface area contributed by atoms with Gasteiger partial charge < -0.3 is 10.1 Å². The molecule has 0 spiro atoms. The molecule has 0 aliphatic heterocycles. The van der Waals surface area contributed by atoms with E-state index in [1.165, 1.54) is 11.4 Å². The minimum atomic E-state index is -3.72. The van der Waals surface area contributed by atoms with E-state index in [9.17, 15) is 13.2 Å². The maximum Gasteiger partial charge on any atom is 0.264 e. The number of anilines is 1. The van der Waals surface area contributed by atoms with E-state index >= 15 is 0 Å². The summed E-state index contributed by atoms with van der Waals surface area (Å²) >= 11 is 0. The van der Waals surface area contributed by atoms with Gasteiger partial charge in [0.1, 0.15) is 5.75 Å². The van der Waals surface area contributed by atoms with Crippen LogP contribution in [0.25, 0.3) is 0 Å². The molecule has 1 N–H and O–H groups in total. The molecule has 0 fully saturated rings. The molecule has 1 amide bonds. The van der Waals surface area contributed by atoms with Crippen LogP contribution in [-0.4, -0.2) is 28.5 Å². The number of benzene rings is 3. The number of carbonyl (C=O) groups excluding carboxylic acids is 1. The number of amides is 1. The number of ether oxygens (including phenoxy) is 1. The Labute approximate surface area is 177 Å². The molecule has 0 bridgehead atoms. The highest BCUT2D eigenvalue weighted by atomic mass is 32.2. The van der Waals surface area contributed by atoms with Gasteiger partial charge in [-0.2, -0.15) is 0 Å². The van der Waals surface area contributed by atoms with Crippen LogP contribution in [0.5, 0.6) is 5.75 Å². The summed E-state index contributed by atoms with van der Waals surface area (Å²) in [6.45, 7) is 1.88. The molecule has 156 valence electrons. The second-order valence-corrected chi connectivity index (χ2v) is 8.77. The highest BCUT2D eigenvalue weighted by Crippen LogP contribution is 2.23. The predicted octanol–water partition coefficient (Wildman–Crippen LogP) is 4.01. The lowest BCUT2D eigenvalue weighted by atomic mass is 10.1. The van der Waals surface area contributed by atoms with E-state index in [0.717, 1.165) is 11.3 Å². The summed E-state index contributed by atoms with van der Waals surface area (Å²) in [5, 5.41) is 2.94. The fraction of sp³-hybridized carbons (Fsp3) is 0.174. The Balaban J connectivity index is 1.78. The molecule has 0 aliphatic rings. The summed E-state index contributed by atoms with van der Waals surface area (Å²) < 4.78 is 32.0. The molecule has 30 heavy (non-hydrogen) atoms. The van der Waals surface area contributed by atoms with Crippen molar-refractivity contribution in [2.45, 2.75) is 17.9 Å². The molecular weight excluding hydrogens is 400 g/mol. The Bertz CT molecular complexity index is 1110. The second-order valence-electron chi connectivity index (χ2n) is 6.80. The lowest BCUT2D eigenvalue weighted by Crippen LogP contribution is -2.28. The Morgan fingerprint density at radius 1 is 0.967 bits per heavy atom. The van der Waals surface area contributed by atoms with Crippen molar-refractivity contribution in [2.24, 2.45) is 0 Å². The van der Waals surface area contributed by atoms with Crippen molar-refractivity contribution in [3.8, 4) is 5.75 Å². The molecule has 0 radical (unpaired) electrons. The summed E-state index contributed by atoms with van der Waals surface area (Å²) in [5.74, 6) is 0.457. The normalized spacial score (nSPS) is 12.1. The Morgan fingerprint density at radius 3 is 2.27 bits per heavy atom. The van der Waals surface area contributed by atoms with Crippen LogP contribution in [0.2, 0.25) is 0 Å². The standard InChI is InChI=1S/C23H24N2O4S/c1-17(18-12-14-21(29-3)15-13-18)24-23(26)19-8-7-9-20(16-19)25(2)30(27,28)22-10-5-4-6-11-22/h4-17H,1-3H3,(H,24,26)/t17-/m1/s1. The Hall–Kier alpha value is -3.32. The third-order valence-electron chi connectivity index (χ3n) is 4.84. The van der Waals surface area contributed by atoms with Crippen molar-refractivity contribution in [1.82, 2.24) is 5.32 Å². The first-order chi connectivity index (χ1) is 14.3. The molecule has 0 saturated heterocycles. The lowest BCUT2D eigenvalue weighted by Gasteiger charge is -2.20. The summed E-state index contributed by atoms with van der Waals surface area (Å²) in [5.41, 5.74) is 1.72. The van der Waals surface area contributed by atoms with Crippen LogP contribution in [-0.2, 0) is 10.0 Å². The van der Waals surface area contributed by atoms with Crippen LogP contribution in [0.15, 0.2) is 83.8 Å². The smallest absolute Gasteiger partial charge is 0.264 e. The highest BCUT2D eigenvalue weighted by Gasteiger charge is 2.22. The predicted molar refractivity (Wildman–Crippen MR) is 117 cm³/mol. The first-order valence-corrected chi connectivity index (χ1v) is 10.9. The summed E-state index contributed by atoms with van der Waals surface area (Å²) in [6, 6.07) is 22.0. The Morgan fingerprint density at radius 2 is 1.63 bits per heavy atom. The van der Waals surface area contributed by atoms with E-state index in [-0.39, 0.29) is 16.8 Å². The number of sulfonamides is 1. The van der Waals surface area contributed by atoms with Crippen molar-refractivity contribution < 1.29 is 17.9 Å². The molecule has 0 unspecified atom stereocenters. The van der Waals surface area contributed by atoms with Crippen LogP contribution in [0.4, 0.5) is 5.69 Å². The summed E-state index contributed by atoms with van der Waals surface area (Å²) in [4.78, 5) is 12.9. The maximum absolute atomic E-state index is 12.8. The minimum absolute atomic E-state index is 0.190. The SMILES string of the molecule is COc1ccc([C@@H](C)NC(=O)c2cccc(N(C)S(=O)(=O)c3ccccc3)c2)cc1. The second kappa shape index (κ2) is 9.00. The molecule has 1 atom stereocenters. The van der Waals surface area contributed by atoms with Gasteiger partial charge in [-0.1, -0.05) is 36.4 Å². The van der Waals surface area contributed by atoms with E-state index < -0.39 is 10.0 Å². The maximum atomic E-state index is 12.8. The topological polar surface area (TPSA) is 75.7 Å². The zero-order valence-electron chi connectivity index (χ0n) is 17.1. The zero-order valence-corrected chi connectivity index (χ0v) is 17.9. The fourth-order valence-corrected chi connectivity index (χ4v) is 4.20. The largest absolute Gasteiger partial charge is 0.497 e. The van der Waals surface area contributed by atoms with Gasteiger partial charge in [-0.15, -0.1) is 0 Å². The third-order valence-corrected chi connectivity index (χ3v) is 6.64. The van der Waals surface area contributed by atoms with E-state index in [4.69, 9.17) is 4.74 Å².